The van der Waals surface area contributed by atoms with Gasteiger partial charge in [0, 0.05) is 16.6 Å². The molecule has 0 aliphatic carbocycles. The summed E-state index contributed by atoms with van der Waals surface area (Å²) in [5.41, 5.74) is 2.22. The normalized spacial score (nSPS) is 10.7. The molecular formula is C22H17NO3. The Morgan fingerprint density at radius 1 is 0.846 bits per heavy atom. The number of aryl methyl sites for hydroxylation is 1. The summed E-state index contributed by atoms with van der Waals surface area (Å²) in [4.78, 5) is 12.5. The molecule has 3 aromatic carbocycles. The highest BCUT2D eigenvalue weighted by Crippen LogP contribution is 2.26. The molecule has 1 N–H and O–H groups in total. The second-order valence-corrected chi connectivity index (χ2v) is 5.95. The van der Waals surface area contributed by atoms with E-state index in [-0.39, 0.29) is 5.91 Å². The van der Waals surface area contributed by atoms with Gasteiger partial charge in [-0.25, -0.2) is 0 Å². The summed E-state index contributed by atoms with van der Waals surface area (Å²) in [5, 5.41) is 3.81. The summed E-state index contributed by atoms with van der Waals surface area (Å²) < 4.78 is 11.4. The number of benzene rings is 3. The number of rotatable bonds is 4. The first-order valence-electron chi connectivity index (χ1n) is 8.33. The van der Waals surface area contributed by atoms with Crippen molar-refractivity contribution in [1.29, 1.82) is 0 Å². The van der Waals surface area contributed by atoms with Gasteiger partial charge in [-0.05, 0) is 49.4 Å². The number of nitrogens with one attached hydrogen (secondary N) is 1. The van der Waals surface area contributed by atoms with Crippen LogP contribution in [0.15, 0.2) is 83.3 Å². The molecule has 0 aliphatic rings. The number of carbonyl (C=O) groups excluding carboxylic acids is 1. The summed E-state index contributed by atoms with van der Waals surface area (Å²) >= 11 is 0. The molecule has 26 heavy (non-hydrogen) atoms. The van der Waals surface area contributed by atoms with Crippen molar-refractivity contribution in [1.82, 2.24) is 0 Å². The Kier molecular flexibility index (Phi) is 4.15. The molecule has 0 atom stereocenters. The fourth-order valence-electron chi connectivity index (χ4n) is 2.81. The van der Waals surface area contributed by atoms with Crippen molar-refractivity contribution in [3.8, 4) is 11.5 Å². The van der Waals surface area contributed by atoms with Crippen LogP contribution in [0.5, 0.6) is 11.5 Å². The third-order valence-electron chi connectivity index (χ3n) is 4.14. The summed E-state index contributed by atoms with van der Waals surface area (Å²) in [7, 11) is 0. The van der Waals surface area contributed by atoms with Gasteiger partial charge in [-0.1, -0.05) is 36.4 Å². The highest BCUT2D eigenvalue weighted by molar-refractivity contribution is 6.06. The van der Waals surface area contributed by atoms with Crippen LogP contribution in [0.3, 0.4) is 0 Å². The Labute approximate surface area is 151 Å². The highest BCUT2D eigenvalue weighted by Gasteiger charge is 2.17. The molecule has 4 aromatic rings. The number of furan rings is 1. The van der Waals surface area contributed by atoms with Crippen LogP contribution in [0.1, 0.15) is 16.1 Å². The maximum atomic E-state index is 12.5. The van der Waals surface area contributed by atoms with E-state index in [9.17, 15) is 4.79 Å². The van der Waals surface area contributed by atoms with Gasteiger partial charge >= 0.3 is 0 Å². The first-order valence-corrected chi connectivity index (χ1v) is 8.33. The van der Waals surface area contributed by atoms with E-state index in [1.807, 2.05) is 73.7 Å². The summed E-state index contributed by atoms with van der Waals surface area (Å²) in [6.07, 6.45) is 0. The highest BCUT2D eigenvalue weighted by atomic mass is 16.5. The van der Waals surface area contributed by atoms with Gasteiger partial charge in [0.1, 0.15) is 17.1 Å². The number of ether oxygens (including phenoxy) is 1. The molecule has 0 saturated heterocycles. The number of hydrogen-bond donors (Lipinski definition) is 1. The van der Waals surface area contributed by atoms with E-state index in [0.29, 0.717) is 22.8 Å². The van der Waals surface area contributed by atoms with Gasteiger partial charge in [-0.2, -0.15) is 0 Å². The molecule has 1 amide bonds. The molecule has 4 heteroatoms. The van der Waals surface area contributed by atoms with Crippen LogP contribution in [0.2, 0.25) is 0 Å². The van der Waals surface area contributed by atoms with Gasteiger partial charge in [0.05, 0.1) is 0 Å². The molecule has 0 unspecified atom stereocenters. The average molecular weight is 343 g/mol. The Bertz CT molecular complexity index is 1050. The van der Waals surface area contributed by atoms with Crippen molar-refractivity contribution >= 4 is 22.6 Å². The molecule has 128 valence electrons. The minimum absolute atomic E-state index is 0.268. The standard InChI is InChI=1S/C22H17NO3/c1-15-19-9-5-6-10-20(19)26-21(15)22(24)23-16-11-13-18(14-12-16)25-17-7-3-2-4-8-17/h2-14H,1H3,(H,23,24). The lowest BCUT2D eigenvalue weighted by atomic mass is 10.1. The molecule has 0 radical (unpaired) electrons. The van der Waals surface area contributed by atoms with Crippen LogP contribution in [0.25, 0.3) is 11.0 Å². The number of carbonyl (C=O) groups is 1. The number of hydrogen-bond acceptors (Lipinski definition) is 3. The Morgan fingerprint density at radius 3 is 2.23 bits per heavy atom. The van der Waals surface area contributed by atoms with Crippen LogP contribution in [-0.2, 0) is 0 Å². The number of fused-ring (bicyclic) bond motifs is 1. The average Bonchev–Trinajstić information content (AvgIpc) is 3.01. The number of para-hydroxylation sites is 2. The van der Waals surface area contributed by atoms with E-state index < -0.39 is 0 Å². The lowest BCUT2D eigenvalue weighted by Crippen LogP contribution is -2.11. The predicted octanol–water partition coefficient (Wildman–Crippen LogP) is 5.79. The second-order valence-electron chi connectivity index (χ2n) is 5.95. The van der Waals surface area contributed by atoms with E-state index in [1.165, 1.54) is 0 Å². The van der Waals surface area contributed by atoms with Gasteiger partial charge in [0.25, 0.3) is 5.91 Å². The predicted molar refractivity (Wildman–Crippen MR) is 102 cm³/mol. The Morgan fingerprint density at radius 2 is 1.50 bits per heavy atom. The first-order chi connectivity index (χ1) is 12.7. The molecular weight excluding hydrogens is 326 g/mol. The van der Waals surface area contributed by atoms with Crippen LogP contribution >= 0.6 is 0 Å². The van der Waals surface area contributed by atoms with Crippen molar-refractivity contribution in [3.05, 3.63) is 90.2 Å². The van der Waals surface area contributed by atoms with Gasteiger partial charge in [-0.15, -0.1) is 0 Å². The van der Waals surface area contributed by atoms with Crippen molar-refractivity contribution in [2.45, 2.75) is 6.92 Å². The van der Waals surface area contributed by atoms with Gasteiger partial charge in [-0.3, -0.25) is 4.79 Å². The molecule has 1 aromatic heterocycles. The Balaban J connectivity index is 1.49. The zero-order valence-corrected chi connectivity index (χ0v) is 14.2. The van der Waals surface area contributed by atoms with Gasteiger partial charge < -0.3 is 14.5 Å². The lowest BCUT2D eigenvalue weighted by molar-refractivity contribution is 0.0998. The van der Waals surface area contributed by atoms with Crippen LogP contribution in [-0.4, -0.2) is 5.91 Å². The minimum atomic E-state index is -0.268. The van der Waals surface area contributed by atoms with Gasteiger partial charge in [0.15, 0.2) is 5.76 Å². The molecule has 1 heterocycles. The molecule has 0 bridgehead atoms. The number of amides is 1. The fraction of sp³-hybridized carbons (Fsp3) is 0.0455. The summed E-state index contributed by atoms with van der Waals surface area (Å²) in [6, 6.07) is 24.4. The molecule has 0 spiro atoms. The molecule has 0 saturated carbocycles. The maximum absolute atomic E-state index is 12.5. The summed E-state index contributed by atoms with van der Waals surface area (Å²) in [5.74, 6) is 1.53. The maximum Gasteiger partial charge on any atom is 0.291 e. The van der Waals surface area contributed by atoms with E-state index in [4.69, 9.17) is 9.15 Å². The Hall–Kier alpha value is -3.53. The van der Waals surface area contributed by atoms with Crippen molar-refractivity contribution in [3.63, 3.8) is 0 Å². The SMILES string of the molecule is Cc1c(C(=O)Nc2ccc(Oc3ccccc3)cc2)oc2ccccc12. The molecule has 4 nitrogen and oxygen atoms in total. The topological polar surface area (TPSA) is 51.5 Å². The second kappa shape index (κ2) is 6.76. The molecule has 0 aliphatic heterocycles. The van der Waals surface area contributed by atoms with Crippen LogP contribution < -0.4 is 10.1 Å². The molecule has 4 rings (SSSR count). The lowest BCUT2D eigenvalue weighted by Gasteiger charge is -2.07. The third kappa shape index (κ3) is 3.17. The zero-order valence-electron chi connectivity index (χ0n) is 14.2. The van der Waals surface area contributed by atoms with E-state index in [1.54, 1.807) is 12.1 Å². The quantitative estimate of drug-likeness (QED) is 0.510. The van der Waals surface area contributed by atoms with Crippen molar-refractivity contribution in [2.24, 2.45) is 0 Å². The third-order valence-corrected chi connectivity index (χ3v) is 4.14. The van der Waals surface area contributed by atoms with Crippen molar-refractivity contribution < 1.29 is 13.9 Å². The smallest absolute Gasteiger partial charge is 0.291 e. The largest absolute Gasteiger partial charge is 0.457 e. The van der Waals surface area contributed by atoms with Crippen molar-refractivity contribution in [2.75, 3.05) is 5.32 Å². The van der Waals surface area contributed by atoms with Crippen LogP contribution in [0, 0.1) is 6.92 Å². The fourth-order valence-corrected chi connectivity index (χ4v) is 2.81. The van der Waals surface area contributed by atoms with E-state index in [0.717, 1.165) is 16.7 Å². The first kappa shape index (κ1) is 16.0. The molecule has 0 fully saturated rings. The van der Waals surface area contributed by atoms with Crippen LogP contribution in [0.4, 0.5) is 5.69 Å². The number of anilines is 1. The zero-order chi connectivity index (χ0) is 17.9. The monoisotopic (exact) mass is 343 g/mol. The summed E-state index contributed by atoms with van der Waals surface area (Å²) in [6.45, 7) is 1.89. The van der Waals surface area contributed by atoms with E-state index in [2.05, 4.69) is 5.32 Å². The minimum Gasteiger partial charge on any atom is -0.457 e. The van der Waals surface area contributed by atoms with E-state index >= 15 is 0 Å². The van der Waals surface area contributed by atoms with Gasteiger partial charge in [0.2, 0.25) is 0 Å².